The lowest BCUT2D eigenvalue weighted by Gasteiger charge is -2.31. The third kappa shape index (κ3) is 5.13. The van der Waals surface area contributed by atoms with Crippen molar-refractivity contribution in [2.75, 3.05) is 19.6 Å². The third-order valence-electron chi connectivity index (χ3n) is 5.87. The number of hydrogen-bond acceptors (Lipinski definition) is 5. The molecule has 0 spiro atoms. The summed E-state index contributed by atoms with van der Waals surface area (Å²) >= 11 is 0. The van der Waals surface area contributed by atoms with Crippen molar-refractivity contribution in [2.24, 2.45) is 5.92 Å². The Labute approximate surface area is 190 Å². The molecule has 0 bridgehead atoms. The van der Waals surface area contributed by atoms with E-state index < -0.39 is 10.0 Å². The summed E-state index contributed by atoms with van der Waals surface area (Å²) in [6.07, 6.45) is 5.72. The lowest BCUT2D eigenvalue weighted by atomic mass is 9.99. The second kappa shape index (κ2) is 10.0. The van der Waals surface area contributed by atoms with Gasteiger partial charge in [0.2, 0.25) is 15.9 Å². The smallest absolute Gasteiger partial charge is 0.248 e. The second-order valence-corrected chi connectivity index (χ2v) is 10.5. The molecule has 3 rings (SSSR count). The quantitative estimate of drug-likeness (QED) is 0.675. The molecule has 1 N–H and O–H groups in total. The number of nitrogens with zero attached hydrogens (tertiary/aromatic N) is 2. The molecule has 0 aliphatic carbocycles. The van der Waals surface area contributed by atoms with Gasteiger partial charge in [-0.05, 0) is 69.7 Å². The highest BCUT2D eigenvalue weighted by Crippen LogP contribution is 2.30. The van der Waals surface area contributed by atoms with Crippen LogP contribution >= 0.6 is 0 Å². The van der Waals surface area contributed by atoms with Crippen molar-refractivity contribution in [1.29, 1.82) is 0 Å². The maximum Gasteiger partial charge on any atom is 0.248 e. The Hall–Kier alpha value is -2.45. The van der Waals surface area contributed by atoms with Crippen LogP contribution in [-0.2, 0) is 14.8 Å². The van der Waals surface area contributed by atoms with Crippen LogP contribution in [0.2, 0.25) is 0 Å². The summed E-state index contributed by atoms with van der Waals surface area (Å²) < 4.78 is 33.8. The Kier molecular flexibility index (Phi) is 7.56. The van der Waals surface area contributed by atoms with Crippen LogP contribution in [0.25, 0.3) is 12.2 Å². The molecule has 1 saturated heterocycles. The fraction of sp³-hybridized carbons (Fsp3) is 0.500. The topological polar surface area (TPSA) is 92.5 Å². The number of nitrogens with one attached hydrogen (secondary N) is 1. The van der Waals surface area contributed by atoms with Crippen molar-refractivity contribution in [1.82, 2.24) is 14.8 Å². The Bertz CT molecular complexity index is 1100. The van der Waals surface area contributed by atoms with Crippen LogP contribution in [0.15, 0.2) is 21.6 Å². The van der Waals surface area contributed by atoms with Crippen LogP contribution in [0.3, 0.4) is 0 Å². The van der Waals surface area contributed by atoms with Crippen molar-refractivity contribution in [3.63, 3.8) is 0 Å². The molecule has 1 atom stereocenters. The van der Waals surface area contributed by atoms with Crippen LogP contribution in [0.1, 0.15) is 59.9 Å². The van der Waals surface area contributed by atoms with Crippen LogP contribution in [0.5, 0.6) is 0 Å². The summed E-state index contributed by atoms with van der Waals surface area (Å²) in [5, 5.41) is 6.81. The number of amides is 1. The largest absolute Gasteiger partial charge is 0.356 e. The van der Waals surface area contributed by atoms with E-state index in [1.54, 1.807) is 13.0 Å². The summed E-state index contributed by atoms with van der Waals surface area (Å²) in [4.78, 5) is 12.5. The van der Waals surface area contributed by atoms with Gasteiger partial charge in [-0.25, -0.2) is 8.42 Å². The Morgan fingerprint density at radius 2 is 1.91 bits per heavy atom. The fourth-order valence-electron chi connectivity index (χ4n) is 4.31. The number of benzene rings is 1. The molecule has 32 heavy (non-hydrogen) atoms. The number of rotatable bonds is 7. The minimum absolute atomic E-state index is 0.0748. The van der Waals surface area contributed by atoms with Crippen molar-refractivity contribution in [2.45, 2.75) is 58.8 Å². The zero-order valence-corrected chi connectivity index (χ0v) is 20.4. The van der Waals surface area contributed by atoms with Crippen molar-refractivity contribution in [3.8, 4) is 0 Å². The molecule has 1 aromatic carbocycles. The number of hydrogen-bond donors (Lipinski definition) is 1. The van der Waals surface area contributed by atoms with Gasteiger partial charge < -0.3 is 9.84 Å². The number of piperidine rings is 1. The highest BCUT2D eigenvalue weighted by molar-refractivity contribution is 7.89. The predicted octanol–water partition coefficient (Wildman–Crippen LogP) is 4.01. The Balaban J connectivity index is 1.88. The van der Waals surface area contributed by atoms with Gasteiger partial charge in [-0.2, -0.15) is 4.31 Å². The second-order valence-electron chi connectivity index (χ2n) is 8.60. The van der Waals surface area contributed by atoms with Gasteiger partial charge in [-0.1, -0.05) is 35.9 Å². The molecule has 7 nitrogen and oxygen atoms in total. The average molecular weight is 460 g/mol. The van der Waals surface area contributed by atoms with E-state index in [2.05, 4.69) is 22.6 Å². The van der Waals surface area contributed by atoms with E-state index >= 15 is 0 Å². The molecule has 1 aliphatic heterocycles. The normalized spacial score (nSPS) is 17.7. The first-order valence-corrected chi connectivity index (χ1v) is 12.6. The summed E-state index contributed by atoms with van der Waals surface area (Å²) in [5.74, 6) is -0.222. The minimum Gasteiger partial charge on any atom is -0.356 e. The van der Waals surface area contributed by atoms with Crippen LogP contribution in [0.4, 0.5) is 0 Å². The first-order chi connectivity index (χ1) is 15.1. The van der Waals surface area contributed by atoms with Crippen molar-refractivity contribution < 1.29 is 17.7 Å². The van der Waals surface area contributed by atoms with E-state index in [-0.39, 0.29) is 29.0 Å². The minimum atomic E-state index is -3.85. The van der Waals surface area contributed by atoms with Gasteiger partial charge in [-0.3, -0.25) is 4.79 Å². The molecule has 174 valence electrons. The van der Waals surface area contributed by atoms with E-state index in [0.29, 0.717) is 31.6 Å². The molecule has 8 heteroatoms. The van der Waals surface area contributed by atoms with Crippen LogP contribution in [0, 0.1) is 33.6 Å². The molecule has 1 unspecified atom stereocenters. The van der Waals surface area contributed by atoms with Crippen molar-refractivity contribution in [3.05, 3.63) is 45.8 Å². The van der Waals surface area contributed by atoms with Gasteiger partial charge in [-0.15, -0.1) is 0 Å². The molecule has 1 amide bonds. The predicted molar refractivity (Wildman–Crippen MR) is 126 cm³/mol. The van der Waals surface area contributed by atoms with E-state index in [9.17, 15) is 13.2 Å². The maximum absolute atomic E-state index is 13.5. The number of sulfonamides is 1. The molecule has 1 fully saturated rings. The first kappa shape index (κ1) is 24.2. The lowest BCUT2D eigenvalue weighted by molar-refractivity contribution is -0.126. The Morgan fingerprint density at radius 3 is 2.56 bits per heavy atom. The van der Waals surface area contributed by atoms with Gasteiger partial charge in [0.1, 0.15) is 5.69 Å². The molecule has 1 aliphatic rings. The molecule has 1 aromatic heterocycles. The summed E-state index contributed by atoms with van der Waals surface area (Å²) in [6.45, 7) is 10.9. The van der Waals surface area contributed by atoms with Gasteiger partial charge in [0.25, 0.3) is 0 Å². The summed E-state index contributed by atoms with van der Waals surface area (Å²) in [5.41, 5.74) is 4.74. The SMILES string of the molecule is CCCNC(=O)C1CCCN(S(=O)(=O)c2c(C)noc2C=Cc2c(C)cc(C)cc2C)C1. The number of carbonyl (C=O) groups excluding carboxylic acids is 1. The third-order valence-corrected chi connectivity index (χ3v) is 7.90. The monoisotopic (exact) mass is 459 g/mol. The van der Waals surface area contributed by atoms with Crippen molar-refractivity contribution >= 4 is 28.1 Å². The van der Waals surface area contributed by atoms with Gasteiger partial charge in [0.05, 0.1) is 5.92 Å². The molecular formula is C24H33N3O4S. The fourth-order valence-corrected chi connectivity index (χ4v) is 6.08. The first-order valence-electron chi connectivity index (χ1n) is 11.1. The highest BCUT2D eigenvalue weighted by Gasteiger charge is 2.36. The van der Waals surface area contributed by atoms with E-state index in [1.807, 2.05) is 33.8 Å². The number of aromatic nitrogens is 1. The zero-order valence-electron chi connectivity index (χ0n) is 19.6. The average Bonchev–Trinajstić information content (AvgIpc) is 3.12. The highest BCUT2D eigenvalue weighted by atomic mass is 32.2. The lowest BCUT2D eigenvalue weighted by Crippen LogP contribution is -2.45. The Morgan fingerprint density at radius 1 is 1.22 bits per heavy atom. The molecule has 0 saturated carbocycles. The molecule has 2 aromatic rings. The summed E-state index contributed by atoms with van der Waals surface area (Å²) in [6, 6.07) is 4.18. The van der Waals surface area contributed by atoms with E-state index in [1.165, 1.54) is 9.87 Å². The van der Waals surface area contributed by atoms with Gasteiger partial charge in [0, 0.05) is 19.6 Å². The molecule has 2 heterocycles. The maximum atomic E-state index is 13.5. The van der Waals surface area contributed by atoms with Crippen LogP contribution < -0.4 is 5.32 Å². The van der Waals surface area contributed by atoms with Crippen LogP contribution in [-0.4, -0.2) is 43.4 Å². The van der Waals surface area contributed by atoms with Gasteiger partial charge >= 0.3 is 0 Å². The van der Waals surface area contributed by atoms with E-state index in [0.717, 1.165) is 23.1 Å². The zero-order chi connectivity index (χ0) is 23.5. The number of carbonyl (C=O) groups is 1. The van der Waals surface area contributed by atoms with E-state index in [4.69, 9.17) is 4.52 Å². The number of aryl methyl sites for hydroxylation is 4. The standard InChI is InChI=1S/C24H33N3O4S/c1-6-11-25-24(28)20-8-7-12-27(15-20)32(29,30)23-19(5)26-31-22(23)10-9-21-17(3)13-16(2)14-18(21)4/h9-10,13-14,20H,6-8,11-12,15H2,1-5H3,(H,25,28). The molecule has 0 radical (unpaired) electrons. The van der Waals surface area contributed by atoms with Gasteiger partial charge in [0.15, 0.2) is 10.7 Å². The molecular weight excluding hydrogens is 426 g/mol. The summed E-state index contributed by atoms with van der Waals surface area (Å²) in [7, 11) is -3.85.